The Morgan fingerprint density at radius 3 is 1.96 bits per heavy atom. The number of nitrogens with one attached hydrogen (secondary N) is 2. The van der Waals surface area contributed by atoms with E-state index in [1.54, 1.807) is 27.0 Å². The molecule has 0 unspecified atom stereocenters. The normalized spacial score (nSPS) is 12.9. The Morgan fingerprint density at radius 1 is 0.732 bits per heavy atom. The standard InChI is InChI=1S/C41H48N8O7/c1-41(2,3)56-40(53)43-32(22-14-15-23-42-39(52)55-28-31-20-12-7-13-21-31)37(50)34-27-48(47-45-34)35(24-29-16-8-5-9-17-29)33-26-49(46-44-33)36(38(51)54-4)25-30-18-10-6-11-19-30/h5-13,16-21,26-27,32,35-36H,14-15,22-25,28H2,1-4H3,(H,42,52)(H,43,53)/t32-,35-,36-/m0/s1. The van der Waals surface area contributed by atoms with Crippen LogP contribution >= 0.6 is 0 Å². The van der Waals surface area contributed by atoms with Gasteiger partial charge in [-0.25, -0.2) is 23.7 Å². The summed E-state index contributed by atoms with van der Waals surface area (Å²) in [5, 5.41) is 22.8. The van der Waals surface area contributed by atoms with Crippen molar-refractivity contribution >= 4 is 23.9 Å². The van der Waals surface area contributed by atoms with Crippen molar-refractivity contribution in [2.24, 2.45) is 0 Å². The average molecular weight is 765 g/mol. The van der Waals surface area contributed by atoms with Crippen LogP contribution in [0.2, 0.25) is 0 Å². The smallest absolute Gasteiger partial charge is 0.408 e. The minimum Gasteiger partial charge on any atom is -0.467 e. The van der Waals surface area contributed by atoms with E-state index >= 15 is 0 Å². The van der Waals surface area contributed by atoms with Crippen LogP contribution in [-0.2, 0) is 38.5 Å². The van der Waals surface area contributed by atoms with Crippen LogP contribution in [0.3, 0.4) is 0 Å². The molecule has 2 aromatic heterocycles. The predicted octanol–water partition coefficient (Wildman–Crippen LogP) is 5.83. The fourth-order valence-corrected chi connectivity index (χ4v) is 5.90. The topological polar surface area (TPSA) is 181 Å². The first-order valence-corrected chi connectivity index (χ1v) is 18.5. The number of ether oxygens (including phenoxy) is 3. The highest BCUT2D eigenvalue weighted by Crippen LogP contribution is 2.24. The van der Waals surface area contributed by atoms with Crippen LogP contribution in [0.25, 0.3) is 0 Å². The Kier molecular flexibility index (Phi) is 14.4. The molecule has 56 heavy (non-hydrogen) atoms. The number of aromatic nitrogens is 6. The molecule has 0 saturated carbocycles. The third kappa shape index (κ3) is 12.3. The molecule has 0 spiro atoms. The number of Topliss-reactive ketones (excluding diaryl/α,β-unsaturated/α-hetero) is 1. The van der Waals surface area contributed by atoms with E-state index in [4.69, 9.17) is 14.2 Å². The number of hydrogen-bond acceptors (Lipinski definition) is 11. The van der Waals surface area contributed by atoms with E-state index in [2.05, 4.69) is 31.3 Å². The van der Waals surface area contributed by atoms with Gasteiger partial charge in [-0.1, -0.05) is 101 Å². The van der Waals surface area contributed by atoms with Crippen LogP contribution in [0.5, 0.6) is 0 Å². The Labute approximate surface area is 325 Å². The number of rotatable bonds is 18. The van der Waals surface area contributed by atoms with Crippen molar-refractivity contribution in [3.63, 3.8) is 0 Å². The summed E-state index contributed by atoms with van der Waals surface area (Å²) in [6.07, 6.45) is 3.88. The summed E-state index contributed by atoms with van der Waals surface area (Å²) in [6, 6.07) is 26.2. The van der Waals surface area contributed by atoms with E-state index in [0.717, 1.165) is 16.7 Å². The minimum atomic E-state index is -0.993. The van der Waals surface area contributed by atoms with Crippen LogP contribution < -0.4 is 10.6 Å². The van der Waals surface area contributed by atoms with Crippen molar-refractivity contribution in [3.05, 3.63) is 131 Å². The molecule has 5 aromatic rings. The maximum Gasteiger partial charge on any atom is 0.408 e. The van der Waals surface area contributed by atoms with Gasteiger partial charge in [0.25, 0.3) is 0 Å². The van der Waals surface area contributed by atoms with Crippen LogP contribution in [0.4, 0.5) is 9.59 Å². The molecule has 2 amide bonds. The zero-order valence-electron chi connectivity index (χ0n) is 32.0. The molecular weight excluding hydrogens is 716 g/mol. The molecule has 3 atom stereocenters. The predicted molar refractivity (Wildman–Crippen MR) is 205 cm³/mol. The molecule has 0 aliphatic rings. The summed E-state index contributed by atoms with van der Waals surface area (Å²) in [4.78, 5) is 52.0. The second-order valence-electron chi connectivity index (χ2n) is 14.2. The molecule has 5 rings (SSSR count). The van der Waals surface area contributed by atoms with Gasteiger partial charge in [0.05, 0.1) is 25.5 Å². The van der Waals surface area contributed by atoms with Crippen molar-refractivity contribution < 1.29 is 33.4 Å². The molecule has 0 fully saturated rings. The highest BCUT2D eigenvalue weighted by Gasteiger charge is 2.30. The van der Waals surface area contributed by atoms with Crippen molar-refractivity contribution in [2.75, 3.05) is 13.7 Å². The molecule has 2 heterocycles. The largest absolute Gasteiger partial charge is 0.467 e. The lowest BCUT2D eigenvalue weighted by molar-refractivity contribution is -0.144. The summed E-state index contributed by atoms with van der Waals surface area (Å²) >= 11 is 0. The van der Waals surface area contributed by atoms with Crippen molar-refractivity contribution in [1.29, 1.82) is 0 Å². The Bertz CT molecular complexity index is 2010. The van der Waals surface area contributed by atoms with Crippen LogP contribution in [0, 0.1) is 0 Å². The molecule has 2 N–H and O–H groups in total. The van der Waals surface area contributed by atoms with Crippen molar-refractivity contribution in [3.8, 4) is 0 Å². The first-order chi connectivity index (χ1) is 27.0. The fourth-order valence-electron chi connectivity index (χ4n) is 5.90. The summed E-state index contributed by atoms with van der Waals surface area (Å²) in [7, 11) is 1.33. The first kappa shape index (κ1) is 40.8. The number of esters is 1. The van der Waals surface area contributed by atoms with E-state index in [9.17, 15) is 19.2 Å². The zero-order chi connectivity index (χ0) is 39.9. The number of ketones is 1. The highest BCUT2D eigenvalue weighted by molar-refractivity contribution is 5.99. The molecule has 15 nitrogen and oxygen atoms in total. The van der Waals surface area contributed by atoms with Crippen LogP contribution in [0.1, 0.15) is 85.0 Å². The Hall–Kier alpha value is -6.38. The number of carbonyl (C=O) groups is 4. The van der Waals surface area contributed by atoms with Crippen molar-refractivity contribution in [2.45, 2.75) is 83.2 Å². The Morgan fingerprint density at radius 2 is 1.34 bits per heavy atom. The third-order valence-electron chi connectivity index (χ3n) is 8.70. The quantitative estimate of drug-likeness (QED) is 0.0474. The van der Waals surface area contributed by atoms with Gasteiger partial charge in [-0.15, -0.1) is 10.2 Å². The maximum absolute atomic E-state index is 14.0. The number of amides is 2. The van der Waals surface area contributed by atoms with Crippen molar-refractivity contribution in [1.82, 2.24) is 40.6 Å². The van der Waals surface area contributed by atoms with E-state index in [-0.39, 0.29) is 18.7 Å². The third-order valence-corrected chi connectivity index (χ3v) is 8.70. The molecule has 294 valence electrons. The van der Waals surface area contributed by atoms with Gasteiger partial charge in [0, 0.05) is 19.4 Å². The number of nitrogens with zero attached hydrogens (tertiary/aromatic N) is 6. The van der Waals surface area contributed by atoms with Gasteiger partial charge in [-0.3, -0.25) is 4.79 Å². The van der Waals surface area contributed by atoms with Crippen LogP contribution in [0.15, 0.2) is 103 Å². The van der Waals surface area contributed by atoms with Gasteiger partial charge in [-0.2, -0.15) is 0 Å². The fraction of sp³-hybridized carbons (Fsp3) is 0.366. The minimum absolute atomic E-state index is 0.0237. The molecule has 0 aliphatic heterocycles. The Balaban J connectivity index is 1.31. The maximum atomic E-state index is 14.0. The summed E-state index contributed by atoms with van der Waals surface area (Å²) < 4.78 is 18.9. The van der Waals surface area contributed by atoms with Gasteiger partial charge in [0.1, 0.15) is 23.9 Å². The summed E-state index contributed by atoms with van der Waals surface area (Å²) in [6.45, 7) is 5.65. The van der Waals surface area contributed by atoms with Gasteiger partial charge in [-0.05, 0) is 56.7 Å². The highest BCUT2D eigenvalue weighted by atomic mass is 16.6. The van der Waals surface area contributed by atoms with Crippen LogP contribution in [-0.4, -0.2) is 79.2 Å². The number of methoxy groups -OCH3 is 1. The second kappa shape index (κ2) is 19.8. The second-order valence-corrected chi connectivity index (χ2v) is 14.2. The number of alkyl carbamates (subject to hydrolysis) is 2. The number of carbonyl (C=O) groups excluding carboxylic acids is 4. The number of benzene rings is 3. The molecule has 0 saturated heterocycles. The monoisotopic (exact) mass is 764 g/mol. The van der Waals surface area contributed by atoms with Gasteiger partial charge in [0.15, 0.2) is 11.7 Å². The lowest BCUT2D eigenvalue weighted by Gasteiger charge is -2.22. The summed E-state index contributed by atoms with van der Waals surface area (Å²) in [5.74, 6) is -0.936. The first-order valence-electron chi connectivity index (χ1n) is 18.5. The lowest BCUT2D eigenvalue weighted by Crippen LogP contribution is -2.43. The van der Waals surface area contributed by atoms with E-state index in [1.165, 1.54) is 22.7 Å². The van der Waals surface area contributed by atoms with E-state index in [0.29, 0.717) is 37.9 Å². The number of unbranched alkanes of at least 4 members (excludes halogenated alkanes) is 1. The number of hydrogen-bond donors (Lipinski definition) is 2. The van der Waals surface area contributed by atoms with E-state index in [1.807, 2.05) is 91.0 Å². The molecule has 3 aromatic carbocycles. The van der Waals surface area contributed by atoms with Gasteiger partial charge < -0.3 is 24.8 Å². The van der Waals surface area contributed by atoms with Gasteiger partial charge in [0.2, 0.25) is 5.78 Å². The zero-order valence-corrected chi connectivity index (χ0v) is 32.0. The molecule has 0 aliphatic carbocycles. The van der Waals surface area contributed by atoms with E-state index < -0.39 is 47.7 Å². The molecule has 0 radical (unpaired) electrons. The SMILES string of the molecule is COC(=O)[C@H](Cc1ccccc1)n1cc([C@H](Cc2ccccc2)n2cc(C(=O)[C@H](CCCCNC(=O)OCc3ccccc3)NC(=O)OC(C)(C)C)nn2)nn1. The lowest BCUT2D eigenvalue weighted by atomic mass is 10.0. The van der Waals surface area contributed by atoms with Gasteiger partial charge >= 0.3 is 18.2 Å². The molecule has 15 heteroatoms. The molecule has 0 bridgehead atoms. The summed E-state index contributed by atoms with van der Waals surface area (Å²) in [5.41, 5.74) is 2.48. The average Bonchev–Trinajstić information content (AvgIpc) is 3.89. The molecular formula is C41H48N8O7.